The van der Waals surface area contributed by atoms with Crippen LogP contribution in [0.15, 0.2) is 28.8 Å². The predicted molar refractivity (Wildman–Crippen MR) is 58.5 cm³/mol. The Morgan fingerprint density at radius 1 is 1.41 bits per heavy atom. The highest BCUT2D eigenvalue weighted by Gasteiger charge is 2.15. The van der Waals surface area contributed by atoms with Crippen LogP contribution in [0.3, 0.4) is 0 Å². The number of rotatable bonds is 4. The number of hydrogen-bond acceptors (Lipinski definition) is 5. The lowest BCUT2D eigenvalue weighted by Crippen LogP contribution is -2.16. The molecule has 2 aromatic rings. The summed E-state index contributed by atoms with van der Waals surface area (Å²) in [7, 11) is 1.54. The molecule has 1 atom stereocenters. The van der Waals surface area contributed by atoms with Crippen LogP contribution in [0.5, 0.6) is 0 Å². The first-order valence-corrected chi connectivity index (χ1v) is 5.05. The van der Waals surface area contributed by atoms with Gasteiger partial charge in [-0.3, -0.25) is 0 Å². The highest BCUT2D eigenvalue weighted by Crippen LogP contribution is 2.18. The van der Waals surface area contributed by atoms with Crippen molar-refractivity contribution in [3.8, 4) is 11.4 Å². The Morgan fingerprint density at radius 2 is 2.12 bits per heavy atom. The largest absolute Gasteiger partial charge is 0.383 e. The smallest absolute Gasteiger partial charge is 0.246 e. The first-order chi connectivity index (χ1) is 8.20. The second-order valence-corrected chi connectivity index (χ2v) is 3.52. The molecule has 0 amide bonds. The van der Waals surface area contributed by atoms with Crippen molar-refractivity contribution >= 4 is 0 Å². The fourth-order valence-corrected chi connectivity index (χ4v) is 1.35. The van der Waals surface area contributed by atoms with Gasteiger partial charge >= 0.3 is 0 Å². The first-order valence-electron chi connectivity index (χ1n) is 5.05. The van der Waals surface area contributed by atoms with Crippen molar-refractivity contribution in [3.05, 3.63) is 36.0 Å². The number of halogens is 1. The number of nitrogens with zero attached hydrogens (tertiary/aromatic N) is 2. The van der Waals surface area contributed by atoms with Crippen LogP contribution in [-0.2, 0) is 4.74 Å². The van der Waals surface area contributed by atoms with Crippen molar-refractivity contribution < 1.29 is 13.7 Å². The van der Waals surface area contributed by atoms with Crippen LogP contribution in [0.2, 0.25) is 0 Å². The van der Waals surface area contributed by atoms with Gasteiger partial charge in [0.15, 0.2) is 0 Å². The molecule has 0 fully saturated rings. The van der Waals surface area contributed by atoms with Crippen LogP contribution in [0, 0.1) is 5.82 Å². The molecule has 90 valence electrons. The van der Waals surface area contributed by atoms with Gasteiger partial charge in [-0.25, -0.2) is 4.39 Å². The van der Waals surface area contributed by atoms with E-state index in [1.54, 1.807) is 12.1 Å². The SMILES string of the molecule is COCC(N)c1nc(-c2ccc(F)cc2)no1. The van der Waals surface area contributed by atoms with E-state index in [1.807, 2.05) is 0 Å². The van der Waals surface area contributed by atoms with Gasteiger partial charge in [-0.05, 0) is 24.3 Å². The lowest BCUT2D eigenvalue weighted by Gasteiger charge is -2.02. The summed E-state index contributed by atoms with van der Waals surface area (Å²) in [5.41, 5.74) is 6.41. The number of methoxy groups -OCH3 is 1. The summed E-state index contributed by atoms with van der Waals surface area (Å²) in [6.45, 7) is 0.297. The van der Waals surface area contributed by atoms with Crippen LogP contribution >= 0.6 is 0 Å². The Hall–Kier alpha value is -1.79. The zero-order valence-corrected chi connectivity index (χ0v) is 9.26. The molecule has 0 spiro atoms. The first kappa shape index (κ1) is 11.7. The van der Waals surface area contributed by atoms with Crippen molar-refractivity contribution in [2.75, 3.05) is 13.7 Å². The number of hydrogen-bond donors (Lipinski definition) is 1. The molecule has 0 aliphatic carbocycles. The lowest BCUT2D eigenvalue weighted by atomic mass is 10.2. The molecule has 0 saturated heterocycles. The summed E-state index contributed by atoms with van der Waals surface area (Å²) in [5, 5.41) is 3.78. The molecule has 5 nitrogen and oxygen atoms in total. The number of aromatic nitrogens is 2. The Kier molecular flexibility index (Phi) is 3.46. The molecule has 0 radical (unpaired) electrons. The second kappa shape index (κ2) is 5.03. The van der Waals surface area contributed by atoms with Gasteiger partial charge in [0.1, 0.15) is 11.9 Å². The molecule has 1 unspecified atom stereocenters. The molecule has 1 heterocycles. The molecule has 17 heavy (non-hydrogen) atoms. The average Bonchev–Trinajstić information content (AvgIpc) is 2.80. The number of benzene rings is 1. The lowest BCUT2D eigenvalue weighted by molar-refractivity contribution is 0.166. The highest BCUT2D eigenvalue weighted by molar-refractivity contribution is 5.53. The molecule has 2 rings (SSSR count). The molecule has 0 aliphatic heterocycles. The van der Waals surface area contributed by atoms with Crippen molar-refractivity contribution in [2.45, 2.75) is 6.04 Å². The van der Waals surface area contributed by atoms with Gasteiger partial charge in [-0.1, -0.05) is 5.16 Å². The Labute approximate surface area is 97.4 Å². The second-order valence-electron chi connectivity index (χ2n) is 3.52. The number of ether oxygens (including phenoxy) is 1. The molecule has 6 heteroatoms. The van der Waals surface area contributed by atoms with Crippen molar-refractivity contribution in [2.24, 2.45) is 5.73 Å². The topological polar surface area (TPSA) is 74.2 Å². The van der Waals surface area contributed by atoms with Crippen LogP contribution in [0.25, 0.3) is 11.4 Å². The quantitative estimate of drug-likeness (QED) is 0.872. The summed E-state index contributed by atoms with van der Waals surface area (Å²) >= 11 is 0. The van der Waals surface area contributed by atoms with E-state index in [2.05, 4.69) is 10.1 Å². The average molecular weight is 237 g/mol. The molecule has 0 saturated carbocycles. The Morgan fingerprint density at radius 3 is 2.76 bits per heavy atom. The number of nitrogens with two attached hydrogens (primary N) is 1. The fraction of sp³-hybridized carbons (Fsp3) is 0.273. The minimum atomic E-state index is -0.457. The van der Waals surface area contributed by atoms with Crippen LogP contribution < -0.4 is 5.73 Å². The maximum Gasteiger partial charge on any atom is 0.246 e. The zero-order chi connectivity index (χ0) is 12.3. The maximum atomic E-state index is 12.7. The molecular weight excluding hydrogens is 225 g/mol. The third-order valence-corrected chi connectivity index (χ3v) is 2.21. The molecule has 0 bridgehead atoms. The normalized spacial score (nSPS) is 12.6. The monoisotopic (exact) mass is 237 g/mol. The van der Waals surface area contributed by atoms with Crippen LogP contribution in [0.4, 0.5) is 4.39 Å². The van der Waals surface area contributed by atoms with Gasteiger partial charge in [-0.2, -0.15) is 4.98 Å². The van der Waals surface area contributed by atoms with Gasteiger partial charge in [0.25, 0.3) is 0 Å². The Bertz CT molecular complexity index is 484. The maximum absolute atomic E-state index is 12.7. The van der Waals surface area contributed by atoms with E-state index >= 15 is 0 Å². The Balaban J connectivity index is 2.20. The summed E-state index contributed by atoms with van der Waals surface area (Å²) in [6, 6.07) is 5.36. The molecular formula is C11H12FN3O2. The van der Waals surface area contributed by atoms with E-state index in [9.17, 15) is 4.39 Å². The van der Waals surface area contributed by atoms with Crippen molar-refractivity contribution in [1.82, 2.24) is 10.1 Å². The van der Waals surface area contributed by atoms with E-state index in [-0.39, 0.29) is 5.82 Å². The minimum Gasteiger partial charge on any atom is -0.383 e. The van der Waals surface area contributed by atoms with E-state index in [4.69, 9.17) is 15.0 Å². The van der Waals surface area contributed by atoms with Crippen LogP contribution in [0.1, 0.15) is 11.9 Å². The van der Waals surface area contributed by atoms with E-state index in [0.717, 1.165) is 0 Å². The fourth-order valence-electron chi connectivity index (χ4n) is 1.35. The highest BCUT2D eigenvalue weighted by atomic mass is 19.1. The van der Waals surface area contributed by atoms with E-state index in [1.165, 1.54) is 19.2 Å². The third kappa shape index (κ3) is 2.66. The van der Waals surface area contributed by atoms with Gasteiger partial charge in [0.2, 0.25) is 11.7 Å². The molecule has 1 aromatic heterocycles. The summed E-state index contributed by atoms with van der Waals surface area (Å²) < 4.78 is 22.6. The van der Waals surface area contributed by atoms with Gasteiger partial charge in [-0.15, -0.1) is 0 Å². The molecule has 1 aromatic carbocycles. The minimum absolute atomic E-state index is 0.297. The van der Waals surface area contributed by atoms with Gasteiger partial charge in [0, 0.05) is 12.7 Å². The van der Waals surface area contributed by atoms with E-state index in [0.29, 0.717) is 23.9 Å². The summed E-state index contributed by atoms with van der Waals surface area (Å²) in [4.78, 5) is 4.12. The summed E-state index contributed by atoms with van der Waals surface area (Å²) in [6.07, 6.45) is 0. The van der Waals surface area contributed by atoms with Gasteiger partial charge in [0.05, 0.1) is 6.61 Å². The predicted octanol–water partition coefficient (Wildman–Crippen LogP) is 1.52. The van der Waals surface area contributed by atoms with E-state index < -0.39 is 6.04 Å². The van der Waals surface area contributed by atoms with Gasteiger partial charge < -0.3 is 15.0 Å². The molecule has 2 N–H and O–H groups in total. The van der Waals surface area contributed by atoms with Crippen molar-refractivity contribution in [3.63, 3.8) is 0 Å². The zero-order valence-electron chi connectivity index (χ0n) is 9.26. The van der Waals surface area contributed by atoms with Crippen LogP contribution in [-0.4, -0.2) is 23.9 Å². The standard InChI is InChI=1S/C11H12FN3O2/c1-16-6-9(13)11-14-10(15-17-11)7-2-4-8(12)5-3-7/h2-5,9H,6,13H2,1H3. The van der Waals surface area contributed by atoms with Crippen molar-refractivity contribution in [1.29, 1.82) is 0 Å². The molecule has 0 aliphatic rings. The third-order valence-electron chi connectivity index (χ3n) is 2.21. The summed E-state index contributed by atoms with van der Waals surface area (Å²) in [5.74, 6) is 0.367.